The third-order valence-electron chi connectivity index (χ3n) is 6.49. The molecule has 1 aliphatic carbocycles. The lowest BCUT2D eigenvalue weighted by Crippen LogP contribution is -2.40. The van der Waals surface area contributed by atoms with Crippen molar-refractivity contribution in [1.82, 2.24) is 25.1 Å². The number of phenolic OH excluding ortho intramolecular Hbond substituents is 1. The van der Waals surface area contributed by atoms with E-state index in [-0.39, 0.29) is 29.3 Å². The molecule has 0 radical (unpaired) electrons. The third-order valence-corrected chi connectivity index (χ3v) is 6.49. The fraction of sp³-hybridized carbons (Fsp3) is 0.458. The summed E-state index contributed by atoms with van der Waals surface area (Å²) in [6.45, 7) is 2.14. The van der Waals surface area contributed by atoms with E-state index in [0.717, 1.165) is 31.9 Å². The largest absolute Gasteiger partial charge is 0.507 e. The van der Waals surface area contributed by atoms with Gasteiger partial charge in [0.15, 0.2) is 17.5 Å². The number of aromatic hydroxyl groups is 1. The van der Waals surface area contributed by atoms with Gasteiger partial charge >= 0.3 is 6.01 Å². The van der Waals surface area contributed by atoms with Crippen molar-refractivity contribution >= 4 is 5.82 Å². The number of methoxy groups -OCH3 is 1. The topological polar surface area (TPSA) is 97.2 Å². The summed E-state index contributed by atoms with van der Waals surface area (Å²) in [7, 11) is 3.20. The summed E-state index contributed by atoms with van der Waals surface area (Å²) in [6.07, 6.45) is 5.89. The zero-order valence-corrected chi connectivity index (χ0v) is 19.4. The van der Waals surface area contributed by atoms with Crippen LogP contribution in [-0.2, 0) is 0 Å². The van der Waals surface area contributed by atoms with Crippen molar-refractivity contribution in [2.24, 2.45) is 5.92 Å². The monoisotopic (exact) mass is 470 g/mol. The average Bonchev–Trinajstić information content (AvgIpc) is 3.05. The van der Waals surface area contributed by atoms with Gasteiger partial charge in [0.05, 0.1) is 31.1 Å². The van der Waals surface area contributed by atoms with Gasteiger partial charge in [0.1, 0.15) is 17.6 Å². The van der Waals surface area contributed by atoms with Gasteiger partial charge in [-0.15, -0.1) is 10.2 Å². The zero-order valence-electron chi connectivity index (χ0n) is 19.4. The minimum Gasteiger partial charge on any atom is -0.507 e. The molecule has 0 spiro atoms. The average molecular weight is 471 g/mol. The summed E-state index contributed by atoms with van der Waals surface area (Å²) >= 11 is 0. The highest BCUT2D eigenvalue weighted by atomic mass is 19.1. The van der Waals surface area contributed by atoms with Crippen LogP contribution in [0.5, 0.6) is 11.8 Å². The van der Waals surface area contributed by atoms with Crippen molar-refractivity contribution in [1.29, 1.82) is 0 Å². The maximum absolute atomic E-state index is 14.8. The molecule has 0 amide bonds. The second-order valence-corrected chi connectivity index (χ2v) is 8.56. The molecule has 1 fully saturated rings. The van der Waals surface area contributed by atoms with Crippen LogP contribution in [0.3, 0.4) is 0 Å². The van der Waals surface area contributed by atoms with Crippen LogP contribution in [0.25, 0.3) is 22.6 Å². The summed E-state index contributed by atoms with van der Waals surface area (Å²) in [5.74, 6) is 0.359. The Labute approximate surface area is 197 Å². The van der Waals surface area contributed by atoms with E-state index in [2.05, 4.69) is 32.1 Å². The molecule has 4 rings (SSSR count). The van der Waals surface area contributed by atoms with Gasteiger partial charge in [-0.2, -0.15) is 4.98 Å². The number of phenols is 1. The van der Waals surface area contributed by atoms with E-state index >= 15 is 0 Å². The minimum absolute atomic E-state index is 0.000670. The number of benzene rings is 1. The van der Waals surface area contributed by atoms with Gasteiger partial charge < -0.3 is 14.7 Å². The molecule has 10 heteroatoms. The predicted octanol–water partition coefficient (Wildman–Crippen LogP) is 4.59. The van der Waals surface area contributed by atoms with Crippen LogP contribution < -0.4 is 9.64 Å². The van der Waals surface area contributed by atoms with Crippen LogP contribution >= 0.6 is 0 Å². The maximum Gasteiger partial charge on any atom is 0.316 e. The molecule has 8 nitrogen and oxygen atoms in total. The van der Waals surface area contributed by atoms with Gasteiger partial charge in [-0.25, -0.2) is 18.7 Å². The molecule has 0 unspecified atom stereocenters. The van der Waals surface area contributed by atoms with E-state index in [4.69, 9.17) is 4.74 Å². The number of nitrogens with zero attached hydrogens (tertiary/aromatic N) is 6. The van der Waals surface area contributed by atoms with E-state index in [1.807, 2.05) is 11.9 Å². The van der Waals surface area contributed by atoms with Crippen molar-refractivity contribution in [3.8, 4) is 34.4 Å². The second-order valence-electron chi connectivity index (χ2n) is 8.56. The van der Waals surface area contributed by atoms with Crippen LogP contribution in [0.2, 0.25) is 0 Å². The van der Waals surface area contributed by atoms with E-state index < -0.39 is 12.0 Å². The van der Waals surface area contributed by atoms with Crippen LogP contribution in [0.15, 0.2) is 30.6 Å². The van der Waals surface area contributed by atoms with Crippen molar-refractivity contribution < 1.29 is 18.6 Å². The summed E-state index contributed by atoms with van der Waals surface area (Å²) in [5, 5.41) is 19.0. The smallest absolute Gasteiger partial charge is 0.316 e. The van der Waals surface area contributed by atoms with Gasteiger partial charge in [-0.3, -0.25) is 0 Å². The van der Waals surface area contributed by atoms with Crippen LogP contribution in [-0.4, -0.2) is 56.6 Å². The number of aromatic nitrogens is 5. The number of ether oxygens (including phenoxy) is 1. The first-order valence-corrected chi connectivity index (χ1v) is 11.4. The Morgan fingerprint density at radius 2 is 2.00 bits per heavy atom. The fourth-order valence-electron chi connectivity index (χ4n) is 4.42. The Kier molecular flexibility index (Phi) is 7.14. The van der Waals surface area contributed by atoms with Crippen molar-refractivity contribution in [3.05, 3.63) is 36.4 Å². The highest BCUT2D eigenvalue weighted by Gasteiger charge is 2.31. The number of halogens is 2. The summed E-state index contributed by atoms with van der Waals surface area (Å²) in [6, 6.07) is 4.26. The molecule has 180 valence electrons. The number of hydrogen-bond acceptors (Lipinski definition) is 8. The first kappa shape index (κ1) is 23.7. The van der Waals surface area contributed by atoms with Crippen LogP contribution in [0, 0.1) is 11.7 Å². The molecule has 1 aliphatic rings. The molecule has 2 heterocycles. The zero-order chi connectivity index (χ0) is 24.2. The lowest BCUT2D eigenvalue weighted by atomic mass is 9.94. The van der Waals surface area contributed by atoms with Gasteiger partial charge in [-0.1, -0.05) is 32.3 Å². The second kappa shape index (κ2) is 10.2. The fourth-order valence-corrected chi connectivity index (χ4v) is 4.42. The molecule has 0 bridgehead atoms. The predicted molar refractivity (Wildman–Crippen MR) is 124 cm³/mol. The molecule has 1 N–H and O–H groups in total. The first-order chi connectivity index (χ1) is 16.4. The van der Waals surface area contributed by atoms with E-state index in [1.165, 1.54) is 19.4 Å². The quantitative estimate of drug-likeness (QED) is 0.523. The third kappa shape index (κ3) is 4.90. The van der Waals surface area contributed by atoms with Crippen LogP contribution in [0.1, 0.15) is 39.0 Å². The first-order valence-electron chi connectivity index (χ1n) is 11.4. The minimum atomic E-state index is -0.930. The van der Waals surface area contributed by atoms with Gasteiger partial charge in [0.25, 0.3) is 0 Å². The summed E-state index contributed by atoms with van der Waals surface area (Å²) < 4.78 is 34.0. The Morgan fingerprint density at radius 1 is 1.18 bits per heavy atom. The molecule has 3 aromatic rings. The summed E-state index contributed by atoms with van der Waals surface area (Å²) in [4.78, 5) is 13.9. The van der Waals surface area contributed by atoms with Crippen LogP contribution in [0.4, 0.5) is 14.6 Å². The van der Waals surface area contributed by atoms with Crippen molar-refractivity contribution in [2.45, 2.75) is 51.2 Å². The van der Waals surface area contributed by atoms with Crippen molar-refractivity contribution in [3.63, 3.8) is 0 Å². The van der Waals surface area contributed by atoms with E-state index in [9.17, 15) is 13.9 Å². The number of anilines is 1. The Morgan fingerprint density at radius 3 is 2.68 bits per heavy atom. The lowest BCUT2D eigenvalue weighted by molar-refractivity contribution is 0.253. The number of alkyl halides is 1. The highest BCUT2D eigenvalue weighted by Crippen LogP contribution is 2.34. The summed E-state index contributed by atoms with van der Waals surface area (Å²) in [5.41, 5.74) is 0.673. The molecule has 1 aromatic carbocycles. The van der Waals surface area contributed by atoms with Gasteiger partial charge in [-0.05, 0) is 30.9 Å². The molecule has 3 atom stereocenters. The molecule has 34 heavy (non-hydrogen) atoms. The maximum atomic E-state index is 14.8. The van der Waals surface area contributed by atoms with Gasteiger partial charge in [0, 0.05) is 12.6 Å². The highest BCUT2D eigenvalue weighted by molar-refractivity contribution is 5.71. The molecule has 0 aliphatic heterocycles. The molecule has 0 saturated heterocycles. The normalized spacial score (nSPS) is 20.6. The SMILES string of the molecule is CC[C@@H]1CCC[C@H](F)[C@H](N(C)c2cnc(-c3ccc(-c4nc(OC)ncc4F)cc3O)nn2)C1. The van der Waals surface area contributed by atoms with E-state index in [0.29, 0.717) is 29.3 Å². The Hall–Kier alpha value is -3.43. The molecular formula is C24H28F2N6O2. The Balaban J connectivity index is 1.56. The molecule has 2 aromatic heterocycles. The molecular weight excluding hydrogens is 442 g/mol. The Bertz CT molecular complexity index is 1130. The van der Waals surface area contributed by atoms with Crippen molar-refractivity contribution in [2.75, 3.05) is 19.1 Å². The molecule has 1 saturated carbocycles. The lowest BCUT2D eigenvalue weighted by Gasteiger charge is -2.31. The number of hydrogen-bond donors (Lipinski definition) is 1. The standard InChI is InChI=1S/C24H28F2N6O2/c1-4-14-6-5-7-17(25)19(10-14)32(2)21-13-27-23(31-30-21)16-9-8-15(11-20(16)33)22-18(26)12-28-24(29-22)34-3/h8-9,11-14,17,19,33H,4-7,10H2,1-3H3/t14-,17+,19-/m1/s1. The van der Waals surface area contributed by atoms with Gasteiger partial charge in [0.2, 0.25) is 0 Å². The number of rotatable bonds is 6. The van der Waals surface area contributed by atoms with E-state index in [1.54, 1.807) is 12.1 Å².